The number of hydrogen-bond donors (Lipinski definition) is 0. The number of nitrogens with zero attached hydrogens (tertiary/aromatic N) is 3. The third kappa shape index (κ3) is 5.91. The summed E-state index contributed by atoms with van der Waals surface area (Å²) in [6.07, 6.45) is 0. The molecule has 0 unspecified atom stereocenters. The quantitative estimate of drug-likeness (QED) is 0.144. The molecule has 0 saturated carbocycles. The summed E-state index contributed by atoms with van der Waals surface area (Å²) in [7, 11) is -6.26. The van der Waals surface area contributed by atoms with E-state index in [1.165, 1.54) is 0 Å². The molecule has 7 heteroatoms. The van der Waals surface area contributed by atoms with Gasteiger partial charge in [0.2, 0.25) is 0 Å². The van der Waals surface area contributed by atoms with Gasteiger partial charge in [-0.1, -0.05) is 188 Å². The minimum atomic E-state index is -3.13. The van der Waals surface area contributed by atoms with Gasteiger partial charge in [-0.3, -0.25) is 4.57 Å². The van der Waals surface area contributed by atoms with Crippen molar-refractivity contribution in [2.75, 3.05) is 0 Å². The van der Waals surface area contributed by atoms with Crippen molar-refractivity contribution in [3.63, 3.8) is 0 Å². The van der Waals surface area contributed by atoms with Crippen molar-refractivity contribution in [1.29, 1.82) is 0 Å². The molecule has 0 fully saturated rings. The molecule has 0 aliphatic rings. The molecule has 246 valence electrons. The number of para-hydroxylation sites is 1. The second-order valence-corrected chi connectivity index (χ2v) is 17.7. The molecule has 0 spiro atoms. The third-order valence-electron chi connectivity index (χ3n) is 9.13. The minimum absolute atomic E-state index is 0.653. The second-order valence-electron chi connectivity index (χ2n) is 12.2. The molecule has 0 aliphatic heterocycles. The molecule has 0 amide bonds. The predicted molar refractivity (Wildman–Crippen MR) is 211 cm³/mol. The van der Waals surface area contributed by atoms with E-state index in [0.717, 1.165) is 48.6 Å². The van der Waals surface area contributed by atoms with Gasteiger partial charge in [-0.05, 0) is 12.1 Å². The fourth-order valence-electron chi connectivity index (χ4n) is 6.57. The maximum atomic E-state index is 15.0. The minimum Gasteiger partial charge on any atom is -0.309 e. The summed E-state index contributed by atoms with van der Waals surface area (Å²) in [4.78, 5) is 0. The Bertz CT molecular complexity index is 2240. The molecule has 0 atom stereocenters. The van der Waals surface area contributed by atoms with E-state index < -0.39 is 14.3 Å². The lowest BCUT2D eigenvalue weighted by Gasteiger charge is -2.20. The second kappa shape index (κ2) is 13.8. The zero-order valence-electron chi connectivity index (χ0n) is 27.6. The Hall–Kier alpha value is -5.86. The summed E-state index contributed by atoms with van der Waals surface area (Å²) in [6, 6.07) is 64.3. The van der Waals surface area contributed by atoms with Crippen molar-refractivity contribution >= 4 is 46.1 Å². The Morgan fingerprint density at radius 2 is 0.569 bits per heavy atom. The molecular formula is C44H33N3O2P2. The Morgan fingerprint density at radius 3 is 0.863 bits per heavy atom. The first-order valence-electron chi connectivity index (χ1n) is 16.7. The van der Waals surface area contributed by atoms with Crippen LogP contribution in [0.3, 0.4) is 0 Å². The standard InChI is InChI=1S/C44H33N3O2P2/c48-50(37-18-8-2-9-19-37,38-20-10-3-11-21-38)41-30-26-34(27-31-41)43-45-46-44(47(43)36-16-6-1-7-17-36)35-28-32-42(33-29-35)51(49,39-22-12-4-13-23-39)40-24-14-5-15-25-40/h1-33H. The number of hydrogen-bond acceptors (Lipinski definition) is 4. The van der Waals surface area contributed by atoms with Crippen LogP contribution >= 0.6 is 14.3 Å². The summed E-state index contributed by atoms with van der Waals surface area (Å²) in [5.74, 6) is 1.31. The van der Waals surface area contributed by atoms with E-state index in [0.29, 0.717) is 11.6 Å². The van der Waals surface area contributed by atoms with Crippen molar-refractivity contribution in [3.8, 4) is 28.5 Å². The SMILES string of the molecule is O=P(c1ccccc1)(c1ccccc1)c1ccc(-c2nnc(-c3ccc(P(=O)(c4ccccc4)c4ccccc4)cc3)n2-c2ccccc2)cc1. The van der Waals surface area contributed by atoms with Crippen molar-refractivity contribution in [2.24, 2.45) is 0 Å². The number of aromatic nitrogens is 3. The Balaban J connectivity index is 1.21. The lowest BCUT2D eigenvalue weighted by Crippen LogP contribution is -2.24. The highest BCUT2D eigenvalue weighted by Gasteiger charge is 2.31. The van der Waals surface area contributed by atoms with Crippen LogP contribution in [0.25, 0.3) is 28.5 Å². The van der Waals surface area contributed by atoms with Crippen molar-refractivity contribution in [2.45, 2.75) is 0 Å². The average Bonchev–Trinajstić information content (AvgIpc) is 3.67. The van der Waals surface area contributed by atoms with Crippen LogP contribution in [0.5, 0.6) is 0 Å². The van der Waals surface area contributed by atoms with E-state index in [9.17, 15) is 9.13 Å². The molecule has 0 aliphatic carbocycles. The lowest BCUT2D eigenvalue weighted by atomic mass is 10.1. The topological polar surface area (TPSA) is 64.8 Å². The Morgan fingerprint density at radius 1 is 0.314 bits per heavy atom. The van der Waals surface area contributed by atoms with Crippen LogP contribution in [0.15, 0.2) is 200 Å². The highest BCUT2D eigenvalue weighted by Crippen LogP contribution is 2.44. The molecule has 0 radical (unpaired) electrons. The fraction of sp³-hybridized carbons (Fsp3) is 0. The van der Waals surface area contributed by atoms with Crippen LogP contribution in [-0.2, 0) is 9.13 Å². The molecule has 0 bridgehead atoms. The van der Waals surface area contributed by atoms with Crippen LogP contribution in [0.1, 0.15) is 0 Å². The van der Waals surface area contributed by atoms with Gasteiger partial charge < -0.3 is 9.13 Å². The summed E-state index contributed by atoms with van der Waals surface area (Å²) in [5.41, 5.74) is 2.57. The highest BCUT2D eigenvalue weighted by molar-refractivity contribution is 7.85. The highest BCUT2D eigenvalue weighted by atomic mass is 31.2. The van der Waals surface area contributed by atoms with E-state index in [2.05, 4.69) is 0 Å². The summed E-state index contributed by atoms with van der Waals surface area (Å²) in [6.45, 7) is 0. The first kappa shape index (κ1) is 32.4. The van der Waals surface area contributed by atoms with Gasteiger partial charge in [0, 0.05) is 48.6 Å². The van der Waals surface area contributed by atoms with E-state index in [4.69, 9.17) is 10.2 Å². The van der Waals surface area contributed by atoms with Crippen LogP contribution in [-0.4, -0.2) is 14.8 Å². The van der Waals surface area contributed by atoms with E-state index >= 15 is 0 Å². The maximum absolute atomic E-state index is 15.0. The molecular weight excluding hydrogens is 664 g/mol. The van der Waals surface area contributed by atoms with Gasteiger partial charge in [-0.2, -0.15) is 0 Å². The predicted octanol–water partition coefficient (Wildman–Crippen LogP) is 7.88. The van der Waals surface area contributed by atoms with Crippen molar-refractivity contribution < 1.29 is 9.13 Å². The normalized spacial score (nSPS) is 11.7. The Kier molecular flexibility index (Phi) is 8.76. The van der Waals surface area contributed by atoms with E-state index in [1.807, 2.05) is 205 Å². The lowest BCUT2D eigenvalue weighted by molar-refractivity contribution is 0.591. The maximum Gasteiger partial charge on any atom is 0.171 e. The van der Waals surface area contributed by atoms with Gasteiger partial charge in [-0.25, -0.2) is 0 Å². The van der Waals surface area contributed by atoms with Crippen LogP contribution in [0.4, 0.5) is 0 Å². The van der Waals surface area contributed by atoms with Crippen LogP contribution in [0, 0.1) is 0 Å². The van der Waals surface area contributed by atoms with E-state index in [1.54, 1.807) is 0 Å². The molecule has 5 nitrogen and oxygen atoms in total. The van der Waals surface area contributed by atoms with E-state index in [-0.39, 0.29) is 0 Å². The fourth-order valence-corrected chi connectivity index (χ4v) is 11.9. The average molecular weight is 698 g/mol. The monoisotopic (exact) mass is 697 g/mol. The van der Waals surface area contributed by atoms with Gasteiger partial charge in [0.25, 0.3) is 0 Å². The van der Waals surface area contributed by atoms with Gasteiger partial charge in [0.1, 0.15) is 0 Å². The molecule has 7 aromatic carbocycles. The third-order valence-corrected chi connectivity index (χ3v) is 15.3. The first-order valence-corrected chi connectivity index (χ1v) is 20.1. The largest absolute Gasteiger partial charge is 0.309 e. The number of benzene rings is 7. The summed E-state index contributed by atoms with van der Waals surface area (Å²) >= 11 is 0. The van der Waals surface area contributed by atoms with Crippen LogP contribution < -0.4 is 31.8 Å². The number of rotatable bonds is 9. The zero-order chi connectivity index (χ0) is 34.7. The zero-order valence-corrected chi connectivity index (χ0v) is 29.4. The van der Waals surface area contributed by atoms with Gasteiger partial charge >= 0.3 is 0 Å². The van der Waals surface area contributed by atoms with Gasteiger partial charge in [-0.15, -0.1) is 10.2 Å². The Labute approximate surface area is 297 Å². The van der Waals surface area contributed by atoms with Gasteiger partial charge in [0.05, 0.1) is 0 Å². The molecule has 51 heavy (non-hydrogen) atoms. The molecule has 1 heterocycles. The molecule has 0 N–H and O–H groups in total. The smallest absolute Gasteiger partial charge is 0.171 e. The molecule has 8 rings (SSSR count). The molecule has 0 saturated heterocycles. The molecule has 8 aromatic rings. The summed E-state index contributed by atoms with van der Waals surface area (Å²) in [5, 5.41) is 14.0. The van der Waals surface area contributed by atoms with Crippen molar-refractivity contribution in [1.82, 2.24) is 14.8 Å². The molecule has 1 aromatic heterocycles. The van der Waals surface area contributed by atoms with Crippen molar-refractivity contribution in [3.05, 3.63) is 200 Å². The van der Waals surface area contributed by atoms with Crippen LogP contribution in [0.2, 0.25) is 0 Å². The summed E-state index contributed by atoms with van der Waals surface area (Å²) < 4.78 is 32.0. The van der Waals surface area contributed by atoms with Gasteiger partial charge in [0.15, 0.2) is 25.9 Å². The first-order chi connectivity index (χ1) is 25.1.